The van der Waals surface area contributed by atoms with Crippen LogP contribution >= 0.6 is 0 Å². The molecule has 0 aliphatic rings. The molecule has 0 N–H and O–H groups in total. The van der Waals surface area contributed by atoms with Gasteiger partial charge < -0.3 is 0 Å². The monoisotopic (exact) mass is 256 g/mol. The minimum absolute atomic E-state index is 0. The number of hydrogen-bond acceptors (Lipinski definition) is 0. The Labute approximate surface area is 101 Å². The van der Waals surface area contributed by atoms with Crippen LogP contribution in [0.4, 0.5) is 0 Å². The minimum atomic E-state index is 0. The summed E-state index contributed by atoms with van der Waals surface area (Å²) in [6.07, 6.45) is 0. The van der Waals surface area contributed by atoms with Crippen LogP contribution in [0.2, 0.25) is 0 Å². The van der Waals surface area contributed by atoms with Crippen LogP contribution in [-0.2, 0) is 34.1 Å². The van der Waals surface area contributed by atoms with E-state index in [2.05, 4.69) is 19.1 Å². The van der Waals surface area contributed by atoms with Gasteiger partial charge in [-0.15, -0.1) is 0 Å². The van der Waals surface area contributed by atoms with Crippen molar-refractivity contribution in [3.8, 4) is 0 Å². The number of aryl methyl sites for hydroxylation is 1. The van der Waals surface area contributed by atoms with E-state index in [1.807, 2.05) is 42.5 Å². The second kappa shape index (κ2) is 9.82. The van der Waals surface area contributed by atoms with Crippen LogP contribution < -0.4 is 0 Å². The van der Waals surface area contributed by atoms with Crippen LogP contribution in [0.5, 0.6) is 0 Å². The van der Waals surface area contributed by atoms with E-state index in [4.69, 9.17) is 0 Å². The van der Waals surface area contributed by atoms with Crippen LogP contribution in [-0.4, -0.2) is 0 Å². The molecular weight excluding hydrogens is 244 g/mol. The molecule has 0 fully saturated rings. The van der Waals surface area contributed by atoms with E-state index in [0.717, 1.165) is 0 Å². The molecular formula is C11H12Fe2+3. The van der Waals surface area contributed by atoms with Crippen LogP contribution in [0.25, 0.3) is 0 Å². The predicted octanol–water partition coefficient (Wildman–Crippen LogP) is 3.11. The van der Waals surface area contributed by atoms with E-state index in [1.54, 1.807) is 0 Å². The molecule has 0 aliphatic heterocycles. The fourth-order valence-corrected chi connectivity index (χ4v) is 0.791. The maximum atomic E-state index is 2.08. The summed E-state index contributed by atoms with van der Waals surface area (Å²) in [4.78, 5) is 0. The van der Waals surface area contributed by atoms with Gasteiger partial charge in [-0.2, -0.15) is 35.9 Å². The number of hydrogen-bond donors (Lipinski definition) is 0. The van der Waals surface area contributed by atoms with Gasteiger partial charge in [-0.25, -0.2) is 24.3 Å². The van der Waals surface area contributed by atoms with Crippen molar-refractivity contribution < 1.29 is 34.1 Å². The predicted molar refractivity (Wildman–Crippen MR) is 48.8 cm³/mol. The molecule has 0 spiro atoms. The van der Waals surface area contributed by atoms with Crippen molar-refractivity contribution in [2.75, 3.05) is 0 Å². The zero-order valence-corrected chi connectivity index (χ0v) is 9.61. The summed E-state index contributed by atoms with van der Waals surface area (Å²) in [6.45, 7) is 2.08. The molecule has 0 heterocycles. The van der Waals surface area contributed by atoms with Crippen molar-refractivity contribution in [1.29, 1.82) is 0 Å². The van der Waals surface area contributed by atoms with Crippen molar-refractivity contribution in [1.82, 2.24) is 0 Å². The Bertz CT molecular complexity index is 226. The van der Waals surface area contributed by atoms with Crippen LogP contribution in [0.15, 0.2) is 54.6 Å². The molecule has 2 heteroatoms. The van der Waals surface area contributed by atoms with Gasteiger partial charge >= 0.3 is 34.1 Å². The van der Waals surface area contributed by atoms with Crippen molar-refractivity contribution in [2.45, 2.75) is 6.92 Å². The molecule has 0 bridgehead atoms. The normalized spacial score (nSPS) is 7.15. The Hall–Kier alpha value is -0.261. The van der Waals surface area contributed by atoms with E-state index in [-0.39, 0.29) is 34.1 Å². The Kier molecular flexibility index (Phi) is 11.5. The third-order valence-corrected chi connectivity index (χ3v) is 1.38. The molecule has 2 aromatic carbocycles. The summed E-state index contributed by atoms with van der Waals surface area (Å²) < 4.78 is 0. The molecule has 0 aromatic heterocycles. The summed E-state index contributed by atoms with van der Waals surface area (Å²) in [5, 5.41) is 0. The largest absolute Gasteiger partial charge is 3.00 e. The van der Waals surface area contributed by atoms with Crippen LogP contribution in [0.1, 0.15) is 5.56 Å². The second-order valence-electron chi connectivity index (χ2n) is 2.42. The first-order valence-electron chi connectivity index (χ1n) is 3.74. The molecule has 0 saturated heterocycles. The topological polar surface area (TPSA) is 0 Å². The molecule has 0 saturated carbocycles. The van der Waals surface area contributed by atoms with Gasteiger partial charge in [0.1, 0.15) is 0 Å². The van der Waals surface area contributed by atoms with Crippen molar-refractivity contribution in [2.24, 2.45) is 0 Å². The van der Waals surface area contributed by atoms with Crippen LogP contribution in [0.3, 0.4) is 0 Å². The summed E-state index contributed by atoms with van der Waals surface area (Å²) in [6, 6.07) is 18.2. The molecule has 13 heavy (non-hydrogen) atoms. The molecule has 0 amide bonds. The zero-order chi connectivity index (χ0) is 7.94. The molecule has 0 aliphatic carbocycles. The maximum Gasteiger partial charge on any atom is 3.00 e. The molecule has 0 atom stereocenters. The third-order valence-electron chi connectivity index (χ3n) is 1.38. The quantitative estimate of drug-likeness (QED) is 0.501. The first kappa shape index (κ1) is 15.2. The Morgan fingerprint density at radius 3 is 1.77 bits per heavy atom. The van der Waals surface area contributed by atoms with Gasteiger partial charge in [0.15, 0.2) is 0 Å². The minimum Gasteiger partial charge on any atom is -0.214 e. The van der Waals surface area contributed by atoms with Gasteiger partial charge in [0, 0.05) is 0 Å². The van der Waals surface area contributed by atoms with E-state index in [0.29, 0.717) is 0 Å². The van der Waals surface area contributed by atoms with Gasteiger partial charge in [0.25, 0.3) is 0 Å². The fourth-order valence-electron chi connectivity index (χ4n) is 0.791. The average molecular weight is 256 g/mol. The molecule has 1 radical (unpaired) electrons. The molecule has 69 valence electrons. The zero-order valence-electron chi connectivity index (χ0n) is 7.40. The summed E-state index contributed by atoms with van der Waals surface area (Å²) in [5.41, 5.74) is 1.34. The SMILES string of the molecule is Cc1ccc[cH-]1.[Fe+2].[Fe+3].c1cc[cH-]c1. The van der Waals surface area contributed by atoms with Gasteiger partial charge in [0.2, 0.25) is 0 Å². The Morgan fingerprint density at radius 2 is 1.62 bits per heavy atom. The average Bonchev–Trinajstić information content (AvgIpc) is 2.57. The van der Waals surface area contributed by atoms with Crippen molar-refractivity contribution in [3.05, 3.63) is 60.2 Å². The molecule has 0 unspecified atom stereocenters. The third kappa shape index (κ3) is 8.08. The molecule has 0 nitrogen and oxygen atoms in total. The van der Waals surface area contributed by atoms with Gasteiger partial charge in [0.05, 0.1) is 0 Å². The summed E-state index contributed by atoms with van der Waals surface area (Å²) in [5.74, 6) is 0. The second-order valence-corrected chi connectivity index (χ2v) is 2.42. The van der Waals surface area contributed by atoms with E-state index in [1.165, 1.54) is 5.56 Å². The Balaban J connectivity index is 0. The molecule has 2 rings (SSSR count). The van der Waals surface area contributed by atoms with Crippen molar-refractivity contribution in [3.63, 3.8) is 0 Å². The summed E-state index contributed by atoms with van der Waals surface area (Å²) >= 11 is 0. The first-order valence-corrected chi connectivity index (χ1v) is 3.74. The Morgan fingerprint density at radius 1 is 1.00 bits per heavy atom. The maximum absolute atomic E-state index is 2.08. The van der Waals surface area contributed by atoms with Crippen LogP contribution in [0, 0.1) is 6.92 Å². The summed E-state index contributed by atoms with van der Waals surface area (Å²) in [7, 11) is 0. The smallest absolute Gasteiger partial charge is 0.214 e. The standard InChI is InChI=1S/C6H7.C5H5.2Fe/c1-6-4-2-3-5-6;1-2-4-5-3-1;;/h2-5H,1H3;1-5H;;/q2*-1;+2;+3. The van der Waals surface area contributed by atoms with Gasteiger partial charge in [-0.05, 0) is 0 Å². The molecule has 2 aromatic rings. The van der Waals surface area contributed by atoms with E-state index in [9.17, 15) is 0 Å². The number of rotatable bonds is 0. The van der Waals surface area contributed by atoms with E-state index >= 15 is 0 Å². The fraction of sp³-hybridized carbons (Fsp3) is 0.0909. The van der Waals surface area contributed by atoms with Gasteiger partial charge in [-0.3, -0.25) is 0 Å². The first-order chi connectivity index (χ1) is 5.39. The van der Waals surface area contributed by atoms with Crippen molar-refractivity contribution >= 4 is 0 Å². The van der Waals surface area contributed by atoms with Gasteiger partial charge in [-0.1, -0.05) is 6.92 Å². The van der Waals surface area contributed by atoms with E-state index < -0.39 is 0 Å².